The maximum Gasteiger partial charge on any atom is 0.325 e. The number of aromatic nitrogens is 1. The van der Waals surface area contributed by atoms with Gasteiger partial charge in [0.15, 0.2) is 5.78 Å². The molecule has 0 radical (unpaired) electrons. The monoisotopic (exact) mass is 319 g/mol. The lowest BCUT2D eigenvalue weighted by Gasteiger charge is -2.12. The Morgan fingerprint density at radius 3 is 2.52 bits per heavy atom. The number of imide groups is 1. The standard InChI is InChI=1S/C17H25N3O3/c1-5-7-14-16(22)20(17(23)18-14)10-15(21)13-9-11(3)19(8-6-2)12(13)4/h9,14H,5-8,10H2,1-4H3,(H,18,23). The van der Waals surface area contributed by atoms with E-state index in [1.807, 2.05) is 26.8 Å². The van der Waals surface area contributed by atoms with Crippen LogP contribution < -0.4 is 5.32 Å². The van der Waals surface area contributed by atoms with Crippen LogP contribution in [-0.2, 0) is 11.3 Å². The molecule has 1 unspecified atom stereocenters. The van der Waals surface area contributed by atoms with Crippen molar-refractivity contribution >= 4 is 17.7 Å². The highest BCUT2D eigenvalue weighted by Gasteiger charge is 2.38. The summed E-state index contributed by atoms with van der Waals surface area (Å²) in [6.07, 6.45) is 2.38. The van der Waals surface area contributed by atoms with Gasteiger partial charge in [0.2, 0.25) is 0 Å². The van der Waals surface area contributed by atoms with Crippen LogP contribution in [0.3, 0.4) is 0 Å². The molecule has 0 aromatic carbocycles. The molecule has 1 aromatic rings. The van der Waals surface area contributed by atoms with Gasteiger partial charge in [-0.25, -0.2) is 4.79 Å². The Labute approximate surface area is 136 Å². The Kier molecular flexibility index (Phi) is 5.23. The number of urea groups is 1. The van der Waals surface area contributed by atoms with Gasteiger partial charge in [0, 0.05) is 23.5 Å². The van der Waals surface area contributed by atoms with E-state index in [0.29, 0.717) is 12.0 Å². The van der Waals surface area contributed by atoms with Crippen LogP contribution in [0.2, 0.25) is 0 Å². The molecule has 6 nitrogen and oxygen atoms in total. The normalized spacial score (nSPS) is 17.7. The van der Waals surface area contributed by atoms with Gasteiger partial charge < -0.3 is 9.88 Å². The van der Waals surface area contributed by atoms with E-state index in [1.165, 1.54) is 0 Å². The van der Waals surface area contributed by atoms with Crippen molar-refractivity contribution in [1.29, 1.82) is 0 Å². The molecule has 3 amide bonds. The number of hydrogen-bond acceptors (Lipinski definition) is 3. The summed E-state index contributed by atoms with van der Waals surface area (Å²) in [7, 11) is 0. The Bertz CT molecular complexity index is 633. The Morgan fingerprint density at radius 2 is 1.91 bits per heavy atom. The van der Waals surface area contributed by atoms with Crippen LogP contribution in [0.15, 0.2) is 6.07 Å². The van der Waals surface area contributed by atoms with Crippen molar-refractivity contribution in [2.24, 2.45) is 0 Å². The number of carbonyl (C=O) groups excluding carboxylic acids is 3. The van der Waals surface area contributed by atoms with Crippen molar-refractivity contribution in [3.05, 3.63) is 23.0 Å². The number of nitrogens with one attached hydrogen (secondary N) is 1. The SMILES string of the molecule is CCCC1NC(=O)N(CC(=O)c2cc(C)n(CCC)c2C)C1=O. The van der Waals surface area contributed by atoms with E-state index in [2.05, 4.69) is 16.8 Å². The van der Waals surface area contributed by atoms with E-state index in [9.17, 15) is 14.4 Å². The van der Waals surface area contributed by atoms with Crippen LogP contribution in [0.25, 0.3) is 0 Å². The van der Waals surface area contributed by atoms with Crippen molar-refractivity contribution in [2.75, 3.05) is 6.54 Å². The lowest BCUT2D eigenvalue weighted by molar-refractivity contribution is -0.127. The van der Waals surface area contributed by atoms with Gasteiger partial charge in [-0.05, 0) is 32.8 Å². The number of carbonyl (C=O) groups is 3. The molecule has 1 saturated heterocycles. The first-order valence-electron chi connectivity index (χ1n) is 8.22. The van der Waals surface area contributed by atoms with Crippen molar-refractivity contribution in [1.82, 2.24) is 14.8 Å². The lowest BCUT2D eigenvalue weighted by atomic mass is 10.1. The molecule has 0 saturated carbocycles. The fourth-order valence-electron chi connectivity index (χ4n) is 3.09. The second-order valence-corrected chi connectivity index (χ2v) is 6.07. The number of aryl methyl sites for hydroxylation is 1. The zero-order valence-electron chi connectivity index (χ0n) is 14.3. The second-order valence-electron chi connectivity index (χ2n) is 6.07. The average molecular weight is 319 g/mol. The number of rotatable bonds is 7. The Hall–Kier alpha value is -2.11. The molecule has 2 rings (SSSR count). The molecular weight excluding hydrogens is 294 g/mol. The van der Waals surface area contributed by atoms with Crippen LogP contribution in [0.1, 0.15) is 54.9 Å². The molecule has 126 valence electrons. The highest BCUT2D eigenvalue weighted by Crippen LogP contribution is 2.18. The summed E-state index contributed by atoms with van der Waals surface area (Å²) in [5.74, 6) is -0.492. The third-order valence-electron chi connectivity index (χ3n) is 4.31. The predicted molar refractivity (Wildman–Crippen MR) is 87.5 cm³/mol. The minimum absolute atomic E-state index is 0.193. The quantitative estimate of drug-likeness (QED) is 0.620. The van der Waals surface area contributed by atoms with Crippen LogP contribution in [0.4, 0.5) is 4.79 Å². The summed E-state index contributed by atoms with van der Waals surface area (Å²) in [6.45, 7) is 8.57. The zero-order chi connectivity index (χ0) is 17.1. The number of hydrogen-bond donors (Lipinski definition) is 1. The van der Waals surface area contributed by atoms with Gasteiger partial charge in [-0.2, -0.15) is 0 Å². The molecule has 1 aromatic heterocycles. The molecule has 0 spiro atoms. The molecule has 1 N–H and O–H groups in total. The lowest BCUT2D eigenvalue weighted by Crippen LogP contribution is -2.36. The molecule has 2 heterocycles. The van der Waals surface area contributed by atoms with Crippen LogP contribution in [-0.4, -0.2) is 39.8 Å². The number of Topliss-reactive ketones (excluding diaryl/α,β-unsaturated/α-hetero) is 1. The van der Waals surface area contributed by atoms with Crippen LogP contribution in [0, 0.1) is 13.8 Å². The molecule has 0 bridgehead atoms. The molecule has 23 heavy (non-hydrogen) atoms. The number of amides is 3. The van der Waals surface area contributed by atoms with Crippen LogP contribution >= 0.6 is 0 Å². The van der Waals surface area contributed by atoms with Crippen molar-refractivity contribution in [3.63, 3.8) is 0 Å². The smallest absolute Gasteiger partial charge is 0.325 e. The Morgan fingerprint density at radius 1 is 1.22 bits per heavy atom. The van der Waals surface area contributed by atoms with Gasteiger partial charge in [-0.3, -0.25) is 14.5 Å². The number of ketones is 1. The van der Waals surface area contributed by atoms with Crippen LogP contribution in [0.5, 0.6) is 0 Å². The maximum atomic E-state index is 12.6. The minimum atomic E-state index is -0.493. The zero-order valence-corrected chi connectivity index (χ0v) is 14.3. The van der Waals surface area contributed by atoms with E-state index in [-0.39, 0.29) is 18.2 Å². The van der Waals surface area contributed by atoms with E-state index in [1.54, 1.807) is 0 Å². The molecule has 1 aliphatic rings. The molecule has 1 atom stereocenters. The van der Waals surface area contributed by atoms with E-state index in [4.69, 9.17) is 0 Å². The predicted octanol–water partition coefficient (Wildman–Crippen LogP) is 2.42. The van der Waals surface area contributed by atoms with Crippen molar-refractivity contribution < 1.29 is 14.4 Å². The van der Waals surface area contributed by atoms with Gasteiger partial charge >= 0.3 is 6.03 Å². The topological polar surface area (TPSA) is 71.4 Å². The van der Waals surface area contributed by atoms with Gasteiger partial charge in [-0.15, -0.1) is 0 Å². The molecule has 1 aliphatic heterocycles. The molecule has 1 fully saturated rings. The molecule has 0 aliphatic carbocycles. The summed E-state index contributed by atoms with van der Waals surface area (Å²) in [6, 6.07) is 0.881. The van der Waals surface area contributed by atoms with Crippen molar-refractivity contribution in [2.45, 2.75) is 59.5 Å². The largest absolute Gasteiger partial charge is 0.348 e. The third kappa shape index (κ3) is 3.30. The van der Waals surface area contributed by atoms with Gasteiger partial charge in [0.25, 0.3) is 5.91 Å². The third-order valence-corrected chi connectivity index (χ3v) is 4.31. The maximum absolute atomic E-state index is 12.6. The van der Waals surface area contributed by atoms with E-state index in [0.717, 1.165) is 35.7 Å². The summed E-state index contributed by atoms with van der Waals surface area (Å²) in [4.78, 5) is 37.7. The molecule has 6 heteroatoms. The Balaban J connectivity index is 2.15. The number of nitrogens with zero attached hydrogens (tertiary/aromatic N) is 2. The average Bonchev–Trinajstić information content (AvgIpc) is 2.93. The first kappa shape index (κ1) is 17.2. The van der Waals surface area contributed by atoms with Gasteiger partial charge in [-0.1, -0.05) is 20.3 Å². The fraction of sp³-hybridized carbons (Fsp3) is 0.588. The highest BCUT2D eigenvalue weighted by molar-refractivity contribution is 6.09. The minimum Gasteiger partial charge on any atom is -0.348 e. The first-order valence-corrected chi connectivity index (χ1v) is 8.22. The van der Waals surface area contributed by atoms with Gasteiger partial charge in [0.1, 0.15) is 6.04 Å². The summed E-state index contributed by atoms with van der Waals surface area (Å²) in [5.41, 5.74) is 2.51. The van der Waals surface area contributed by atoms with Gasteiger partial charge in [0.05, 0.1) is 6.54 Å². The second kappa shape index (κ2) is 6.98. The first-order chi connectivity index (χ1) is 10.9. The molecular formula is C17H25N3O3. The summed E-state index contributed by atoms with van der Waals surface area (Å²) in [5, 5.41) is 2.64. The fourth-order valence-corrected chi connectivity index (χ4v) is 3.09. The highest BCUT2D eigenvalue weighted by atomic mass is 16.2. The summed E-state index contributed by atoms with van der Waals surface area (Å²) < 4.78 is 2.10. The van der Waals surface area contributed by atoms with E-state index < -0.39 is 12.1 Å². The van der Waals surface area contributed by atoms with Crippen molar-refractivity contribution in [3.8, 4) is 0 Å². The summed E-state index contributed by atoms with van der Waals surface area (Å²) >= 11 is 0. The van der Waals surface area contributed by atoms with E-state index >= 15 is 0 Å².